The van der Waals surface area contributed by atoms with Crippen molar-refractivity contribution >= 4 is 7.85 Å². The van der Waals surface area contributed by atoms with Gasteiger partial charge in [-0.25, -0.2) is 9.97 Å². The van der Waals surface area contributed by atoms with E-state index in [9.17, 15) is 5.11 Å². The summed E-state index contributed by atoms with van der Waals surface area (Å²) in [6.07, 6.45) is 5.82. The monoisotopic (exact) mass is 339 g/mol. The molecule has 3 rings (SSSR count). The van der Waals surface area contributed by atoms with E-state index in [1.165, 1.54) is 12.8 Å². The molecule has 1 fully saturated rings. The van der Waals surface area contributed by atoms with Gasteiger partial charge in [0.25, 0.3) is 0 Å². The molecule has 0 bridgehead atoms. The molecule has 6 heteroatoms. The summed E-state index contributed by atoms with van der Waals surface area (Å²) in [5.41, 5.74) is 0.852. The Hall–Kier alpha value is -1.92. The summed E-state index contributed by atoms with van der Waals surface area (Å²) in [5.74, 6) is 1.96. The summed E-state index contributed by atoms with van der Waals surface area (Å²) in [6.45, 7) is 4.78. The summed E-state index contributed by atoms with van der Waals surface area (Å²) >= 11 is 0. The van der Waals surface area contributed by atoms with E-state index in [4.69, 9.17) is 4.74 Å². The Kier molecular flexibility index (Phi) is 5.40. The lowest BCUT2D eigenvalue weighted by Crippen LogP contribution is -2.32. The zero-order valence-electron chi connectivity index (χ0n) is 15.3. The predicted molar refractivity (Wildman–Crippen MR) is 101 cm³/mol. The van der Waals surface area contributed by atoms with E-state index in [-0.39, 0.29) is 0 Å². The van der Waals surface area contributed by atoms with Crippen LogP contribution in [-0.2, 0) is 5.50 Å². The van der Waals surface area contributed by atoms with Gasteiger partial charge in [0.05, 0.1) is 24.5 Å². The fourth-order valence-corrected chi connectivity index (χ4v) is 3.02. The van der Waals surface area contributed by atoms with E-state index in [0.29, 0.717) is 17.5 Å². The van der Waals surface area contributed by atoms with Crippen LogP contribution >= 0.6 is 0 Å². The van der Waals surface area contributed by atoms with Crippen molar-refractivity contribution < 1.29 is 9.84 Å². The number of aromatic nitrogens is 2. The third kappa shape index (κ3) is 4.80. The van der Waals surface area contributed by atoms with Crippen LogP contribution < -0.4 is 4.74 Å². The number of rotatable bonds is 5. The summed E-state index contributed by atoms with van der Waals surface area (Å²) in [6, 6.07) is 7.69. The molecule has 2 aromatic rings. The maximum atomic E-state index is 10.2. The van der Waals surface area contributed by atoms with Gasteiger partial charge < -0.3 is 14.7 Å². The standard InChI is InChI=1S/C19H26BN3O2/c1-19(20,24)16-5-3-4-15(10-16)18-21-11-17(12-22-18)25-13-14-6-8-23(2)9-7-14/h3-5,10-12,14,24H,6-9,13,20H2,1-2H3/t19-/m0/s1. The minimum absolute atomic E-state index is 0.611. The zero-order valence-corrected chi connectivity index (χ0v) is 15.3. The van der Waals surface area contributed by atoms with Gasteiger partial charge in [0.2, 0.25) is 0 Å². The highest BCUT2D eigenvalue weighted by atomic mass is 16.5. The molecule has 1 atom stereocenters. The van der Waals surface area contributed by atoms with Crippen molar-refractivity contribution in [1.29, 1.82) is 0 Å². The largest absolute Gasteiger partial charge is 0.490 e. The molecule has 1 saturated heterocycles. The first-order valence-corrected chi connectivity index (χ1v) is 8.88. The first-order valence-electron chi connectivity index (χ1n) is 8.88. The second-order valence-corrected chi connectivity index (χ2v) is 7.44. The van der Waals surface area contributed by atoms with Crippen LogP contribution in [0.1, 0.15) is 25.3 Å². The minimum Gasteiger partial charge on any atom is -0.490 e. The van der Waals surface area contributed by atoms with Gasteiger partial charge in [0.1, 0.15) is 7.85 Å². The number of hydrogen-bond donors (Lipinski definition) is 1. The van der Waals surface area contributed by atoms with Gasteiger partial charge >= 0.3 is 0 Å². The van der Waals surface area contributed by atoms with Crippen LogP contribution in [-0.4, -0.2) is 54.6 Å². The molecule has 0 unspecified atom stereocenters. The predicted octanol–water partition coefficient (Wildman–Crippen LogP) is 1.66. The van der Waals surface area contributed by atoms with Crippen molar-refractivity contribution in [3.05, 3.63) is 42.2 Å². The first-order chi connectivity index (χ1) is 11.9. The molecular weight excluding hydrogens is 313 g/mol. The van der Waals surface area contributed by atoms with Crippen molar-refractivity contribution in [3.63, 3.8) is 0 Å². The molecule has 0 saturated carbocycles. The number of aliphatic hydroxyl groups is 1. The number of hydrogen-bond acceptors (Lipinski definition) is 5. The van der Waals surface area contributed by atoms with Gasteiger partial charge in [-0.1, -0.05) is 18.2 Å². The molecule has 2 heterocycles. The van der Waals surface area contributed by atoms with Crippen LogP contribution in [0.4, 0.5) is 0 Å². The Labute approximate surface area is 150 Å². The third-order valence-corrected chi connectivity index (χ3v) is 4.78. The number of benzene rings is 1. The Morgan fingerprint density at radius 3 is 2.60 bits per heavy atom. The average molecular weight is 339 g/mol. The second-order valence-electron chi connectivity index (χ2n) is 7.44. The minimum atomic E-state index is -0.882. The van der Waals surface area contributed by atoms with Gasteiger partial charge in [-0.3, -0.25) is 0 Å². The highest BCUT2D eigenvalue weighted by Gasteiger charge is 2.18. The summed E-state index contributed by atoms with van der Waals surface area (Å²) in [4.78, 5) is 11.2. The number of nitrogens with zero attached hydrogens (tertiary/aromatic N) is 3. The summed E-state index contributed by atoms with van der Waals surface area (Å²) in [5, 5.41) is 10.2. The second kappa shape index (κ2) is 7.54. The Morgan fingerprint density at radius 1 is 1.28 bits per heavy atom. The highest BCUT2D eigenvalue weighted by molar-refractivity contribution is 6.14. The fraction of sp³-hybridized carbons (Fsp3) is 0.474. The fourth-order valence-electron chi connectivity index (χ4n) is 3.02. The van der Waals surface area contributed by atoms with Gasteiger partial charge in [-0.2, -0.15) is 0 Å². The van der Waals surface area contributed by atoms with Crippen LogP contribution in [0.25, 0.3) is 11.4 Å². The van der Waals surface area contributed by atoms with Crippen molar-refractivity contribution in [1.82, 2.24) is 14.9 Å². The Morgan fingerprint density at radius 2 is 1.96 bits per heavy atom. The third-order valence-electron chi connectivity index (χ3n) is 4.78. The van der Waals surface area contributed by atoms with Gasteiger partial charge in [0.15, 0.2) is 11.6 Å². The molecular formula is C19H26BN3O2. The maximum Gasteiger partial charge on any atom is 0.159 e. The van der Waals surface area contributed by atoms with Crippen molar-refractivity contribution in [2.24, 2.45) is 5.92 Å². The zero-order chi connectivity index (χ0) is 17.9. The molecule has 1 N–H and O–H groups in total. The van der Waals surface area contributed by atoms with Crippen LogP contribution in [0.5, 0.6) is 5.75 Å². The summed E-state index contributed by atoms with van der Waals surface area (Å²) < 4.78 is 5.87. The van der Waals surface area contributed by atoms with E-state index < -0.39 is 5.50 Å². The van der Waals surface area contributed by atoms with Gasteiger partial charge in [-0.15, -0.1) is 0 Å². The smallest absolute Gasteiger partial charge is 0.159 e. The van der Waals surface area contributed by atoms with E-state index in [1.54, 1.807) is 27.2 Å². The van der Waals surface area contributed by atoms with Crippen molar-refractivity contribution in [3.8, 4) is 17.1 Å². The topological polar surface area (TPSA) is 58.5 Å². The molecule has 1 aliphatic heterocycles. The number of likely N-dealkylation sites (tertiary alicyclic amines) is 1. The van der Waals surface area contributed by atoms with Crippen LogP contribution in [0, 0.1) is 5.92 Å². The molecule has 1 aromatic carbocycles. The van der Waals surface area contributed by atoms with E-state index >= 15 is 0 Å². The van der Waals surface area contributed by atoms with Crippen LogP contribution in [0.3, 0.4) is 0 Å². The van der Waals surface area contributed by atoms with Gasteiger partial charge in [-0.05, 0) is 57.5 Å². The van der Waals surface area contributed by atoms with E-state index in [1.807, 2.05) is 24.3 Å². The molecule has 0 spiro atoms. The molecule has 0 aliphatic carbocycles. The van der Waals surface area contributed by atoms with E-state index in [2.05, 4.69) is 21.9 Å². The van der Waals surface area contributed by atoms with Crippen LogP contribution in [0.15, 0.2) is 36.7 Å². The normalized spacial score (nSPS) is 18.7. The van der Waals surface area contributed by atoms with Crippen LogP contribution in [0.2, 0.25) is 0 Å². The molecule has 5 nitrogen and oxygen atoms in total. The number of ether oxygens (including phenoxy) is 1. The average Bonchev–Trinajstić information content (AvgIpc) is 2.61. The lowest BCUT2D eigenvalue weighted by molar-refractivity contribution is 0.149. The van der Waals surface area contributed by atoms with Crippen molar-refractivity contribution in [2.45, 2.75) is 25.3 Å². The molecule has 0 radical (unpaired) electrons. The molecule has 132 valence electrons. The lowest BCUT2D eigenvalue weighted by Gasteiger charge is -2.28. The molecule has 1 aromatic heterocycles. The lowest BCUT2D eigenvalue weighted by atomic mass is 9.77. The SMILES string of the molecule is B[C@@](C)(O)c1cccc(-c2ncc(OCC3CCN(C)CC3)cn2)c1. The van der Waals surface area contributed by atoms with Crippen molar-refractivity contribution in [2.75, 3.05) is 26.7 Å². The Balaban J connectivity index is 1.62. The maximum absolute atomic E-state index is 10.2. The summed E-state index contributed by atoms with van der Waals surface area (Å²) in [7, 11) is 3.93. The quantitative estimate of drug-likeness (QED) is 0.840. The van der Waals surface area contributed by atoms with Gasteiger partial charge in [0, 0.05) is 5.56 Å². The van der Waals surface area contributed by atoms with E-state index in [0.717, 1.165) is 30.8 Å². The molecule has 0 amide bonds. The molecule has 1 aliphatic rings. The first kappa shape index (κ1) is 17.9. The highest BCUT2D eigenvalue weighted by Crippen LogP contribution is 2.23. The Bertz CT molecular complexity index is 693. The number of piperidine rings is 1. The molecule has 25 heavy (non-hydrogen) atoms.